The summed E-state index contributed by atoms with van der Waals surface area (Å²) in [6, 6.07) is 8.63. The number of benzene rings is 1. The van der Waals surface area contributed by atoms with Crippen LogP contribution in [0.2, 0.25) is 0 Å². The number of aromatic nitrogens is 1. The third kappa shape index (κ3) is 4.38. The molecule has 1 aromatic heterocycles. The molecule has 0 spiro atoms. The van der Waals surface area contributed by atoms with Gasteiger partial charge in [-0.15, -0.1) is 0 Å². The van der Waals surface area contributed by atoms with Crippen LogP contribution >= 0.6 is 0 Å². The number of rotatable bonds is 4. The molecule has 0 aliphatic rings. The Kier molecular flexibility index (Phi) is 4.61. The standard InChI is InChI=1S/C15H13FN2O3/c1-10(19)21-9-14-5-2-11(8-17-14)15(20)18-13-6-3-12(16)4-7-13/h2-8H,9H2,1H3,(H,18,20). The second-order valence-electron chi connectivity index (χ2n) is 4.28. The molecule has 6 heteroatoms. The van der Waals surface area contributed by atoms with Gasteiger partial charge >= 0.3 is 5.97 Å². The van der Waals surface area contributed by atoms with Crippen molar-refractivity contribution in [2.75, 3.05) is 5.32 Å². The number of esters is 1. The van der Waals surface area contributed by atoms with Crippen LogP contribution in [0.3, 0.4) is 0 Å². The highest BCUT2D eigenvalue weighted by Crippen LogP contribution is 2.10. The average molecular weight is 288 g/mol. The molecule has 0 bridgehead atoms. The third-order valence-electron chi connectivity index (χ3n) is 2.61. The van der Waals surface area contributed by atoms with Gasteiger partial charge in [0.25, 0.3) is 5.91 Å². The quantitative estimate of drug-likeness (QED) is 0.878. The zero-order valence-electron chi connectivity index (χ0n) is 11.3. The molecule has 108 valence electrons. The zero-order chi connectivity index (χ0) is 15.2. The number of nitrogens with one attached hydrogen (secondary N) is 1. The number of nitrogens with zero attached hydrogens (tertiary/aromatic N) is 1. The lowest BCUT2D eigenvalue weighted by Gasteiger charge is -2.06. The SMILES string of the molecule is CC(=O)OCc1ccc(C(=O)Nc2ccc(F)cc2)cn1. The Bertz CT molecular complexity index is 639. The van der Waals surface area contributed by atoms with Gasteiger partial charge in [0.15, 0.2) is 0 Å². The Labute approximate surface area is 120 Å². The molecule has 21 heavy (non-hydrogen) atoms. The van der Waals surface area contributed by atoms with Crippen molar-refractivity contribution in [2.45, 2.75) is 13.5 Å². The minimum absolute atomic E-state index is 0.0647. The van der Waals surface area contributed by atoms with Crippen molar-refractivity contribution >= 4 is 17.6 Å². The summed E-state index contributed by atoms with van der Waals surface area (Å²) >= 11 is 0. The molecular formula is C15H13FN2O3. The van der Waals surface area contributed by atoms with Crippen LogP contribution in [0.1, 0.15) is 23.0 Å². The molecule has 0 saturated heterocycles. The van der Waals surface area contributed by atoms with Gasteiger partial charge in [-0.1, -0.05) is 0 Å². The highest BCUT2D eigenvalue weighted by Gasteiger charge is 2.07. The molecule has 1 heterocycles. The molecule has 2 rings (SSSR count). The number of pyridine rings is 1. The van der Waals surface area contributed by atoms with Crippen LogP contribution in [-0.2, 0) is 16.1 Å². The zero-order valence-corrected chi connectivity index (χ0v) is 11.3. The van der Waals surface area contributed by atoms with E-state index in [2.05, 4.69) is 10.3 Å². The first-order valence-electron chi connectivity index (χ1n) is 6.20. The van der Waals surface area contributed by atoms with E-state index in [1.54, 1.807) is 12.1 Å². The molecule has 2 aromatic rings. The van der Waals surface area contributed by atoms with Crippen molar-refractivity contribution in [1.29, 1.82) is 0 Å². The minimum Gasteiger partial charge on any atom is -0.459 e. The first-order valence-corrected chi connectivity index (χ1v) is 6.20. The predicted molar refractivity (Wildman–Crippen MR) is 74.1 cm³/mol. The molecule has 1 aromatic carbocycles. The second kappa shape index (κ2) is 6.60. The van der Waals surface area contributed by atoms with Gasteiger partial charge in [0, 0.05) is 18.8 Å². The summed E-state index contributed by atoms with van der Waals surface area (Å²) in [6.45, 7) is 1.37. The summed E-state index contributed by atoms with van der Waals surface area (Å²) in [5.41, 5.74) is 1.39. The normalized spacial score (nSPS) is 10.0. The summed E-state index contributed by atoms with van der Waals surface area (Å²) in [5.74, 6) is -1.12. The van der Waals surface area contributed by atoms with E-state index in [-0.39, 0.29) is 18.3 Å². The van der Waals surface area contributed by atoms with E-state index in [0.717, 1.165) is 0 Å². The molecule has 1 amide bonds. The maximum Gasteiger partial charge on any atom is 0.303 e. The van der Waals surface area contributed by atoms with Crippen LogP contribution in [0.5, 0.6) is 0 Å². The average Bonchev–Trinajstić information content (AvgIpc) is 2.48. The summed E-state index contributed by atoms with van der Waals surface area (Å²) in [6.07, 6.45) is 1.39. The molecule has 5 nitrogen and oxygen atoms in total. The summed E-state index contributed by atoms with van der Waals surface area (Å²) < 4.78 is 17.6. The molecule has 0 radical (unpaired) electrons. The maximum atomic E-state index is 12.8. The molecular weight excluding hydrogens is 275 g/mol. The van der Waals surface area contributed by atoms with Crippen LogP contribution < -0.4 is 5.32 Å². The van der Waals surface area contributed by atoms with Crippen molar-refractivity contribution in [2.24, 2.45) is 0 Å². The lowest BCUT2D eigenvalue weighted by atomic mass is 10.2. The Morgan fingerprint density at radius 3 is 2.48 bits per heavy atom. The van der Waals surface area contributed by atoms with Crippen molar-refractivity contribution in [3.05, 3.63) is 59.7 Å². The molecule has 0 aliphatic carbocycles. The largest absolute Gasteiger partial charge is 0.459 e. The van der Waals surface area contributed by atoms with Crippen LogP contribution in [0.4, 0.5) is 10.1 Å². The maximum absolute atomic E-state index is 12.8. The first kappa shape index (κ1) is 14.6. The lowest BCUT2D eigenvalue weighted by molar-refractivity contribution is -0.142. The van der Waals surface area contributed by atoms with Gasteiger partial charge in [-0.3, -0.25) is 14.6 Å². The summed E-state index contributed by atoms with van der Waals surface area (Å²) in [7, 11) is 0. The first-order chi connectivity index (χ1) is 10.0. The molecule has 0 saturated carbocycles. The lowest BCUT2D eigenvalue weighted by Crippen LogP contribution is -2.12. The molecule has 0 fully saturated rings. The number of carbonyl (C=O) groups excluding carboxylic acids is 2. The number of anilines is 1. The Morgan fingerprint density at radius 2 is 1.90 bits per heavy atom. The number of hydrogen-bond donors (Lipinski definition) is 1. The number of hydrogen-bond acceptors (Lipinski definition) is 4. The predicted octanol–water partition coefficient (Wildman–Crippen LogP) is 2.54. The van der Waals surface area contributed by atoms with Crippen molar-refractivity contribution in [3.8, 4) is 0 Å². The van der Waals surface area contributed by atoms with Gasteiger partial charge in [0.05, 0.1) is 11.3 Å². The fraction of sp³-hybridized carbons (Fsp3) is 0.133. The minimum atomic E-state index is -0.394. The molecule has 0 atom stereocenters. The number of amides is 1. The number of carbonyl (C=O) groups is 2. The third-order valence-corrected chi connectivity index (χ3v) is 2.61. The summed E-state index contributed by atoms with van der Waals surface area (Å²) in [5, 5.41) is 2.62. The molecule has 0 unspecified atom stereocenters. The van der Waals surface area contributed by atoms with Crippen LogP contribution in [0, 0.1) is 5.82 Å². The van der Waals surface area contributed by atoms with Crippen molar-refractivity contribution in [1.82, 2.24) is 4.98 Å². The number of ether oxygens (including phenoxy) is 1. The van der Waals surface area contributed by atoms with Gasteiger partial charge in [0.1, 0.15) is 12.4 Å². The second-order valence-corrected chi connectivity index (χ2v) is 4.28. The van der Waals surface area contributed by atoms with E-state index >= 15 is 0 Å². The van der Waals surface area contributed by atoms with E-state index in [9.17, 15) is 14.0 Å². The van der Waals surface area contributed by atoms with Gasteiger partial charge in [-0.05, 0) is 36.4 Å². The fourth-order valence-electron chi connectivity index (χ4n) is 1.56. The van der Waals surface area contributed by atoms with E-state index in [1.165, 1.54) is 37.4 Å². The Morgan fingerprint density at radius 1 is 1.19 bits per heavy atom. The van der Waals surface area contributed by atoms with E-state index in [0.29, 0.717) is 16.9 Å². The fourth-order valence-corrected chi connectivity index (χ4v) is 1.56. The van der Waals surface area contributed by atoms with Gasteiger partial charge in [0.2, 0.25) is 0 Å². The monoisotopic (exact) mass is 288 g/mol. The Balaban J connectivity index is 1.99. The van der Waals surface area contributed by atoms with E-state index in [4.69, 9.17) is 4.74 Å². The smallest absolute Gasteiger partial charge is 0.303 e. The van der Waals surface area contributed by atoms with Crippen molar-refractivity contribution < 1.29 is 18.7 Å². The van der Waals surface area contributed by atoms with Gasteiger partial charge < -0.3 is 10.1 Å². The Hall–Kier alpha value is -2.76. The highest BCUT2D eigenvalue weighted by atomic mass is 19.1. The number of halogens is 1. The topological polar surface area (TPSA) is 68.3 Å². The van der Waals surface area contributed by atoms with E-state index in [1.807, 2.05) is 0 Å². The molecule has 0 aliphatic heterocycles. The van der Waals surface area contributed by atoms with E-state index < -0.39 is 5.97 Å². The van der Waals surface area contributed by atoms with Crippen LogP contribution in [0.25, 0.3) is 0 Å². The van der Waals surface area contributed by atoms with Crippen LogP contribution in [0.15, 0.2) is 42.6 Å². The molecule has 1 N–H and O–H groups in total. The van der Waals surface area contributed by atoms with Crippen molar-refractivity contribution in [3.63, 3.8) is 0 Å². The van der Waals surface area contributed by atoms with Gasteiger partial charge in [-0.25, -0.2) is 4.39 Å². The summed E-state index contributed by atoms with van der Waals surface area (Å²) in [4.78, 5) is 26.7. The van der Waals surface area contributed by atoms with Crippen LogP contribution in [-0.4, -0.2) is 16.9 Å². The highest BCUT2D eigenvalue weighted by molar-refractivity contribution is 6.04. The van der Waals surface area contributed by atoms with Gasteiger partial charge in [-0.2, -0.15) is 0 Å².